The second-order valence-electron chi connectivity index (χ2n) is 4.24. The minimum Gasteiger partial charge on any atom is -0.385 e. The van der Waals surface area contributed by atoms with E-state index in [4.69, 9.17) is 4.74 Å². The summed E-state index contributed by atoms with van der Waals surface area (Å²) in [5, 5.41) is 4.55. The summed E-state index contributed by atoms with van der Waals surface area (Å²) in [4.78, 5) is 0. The molecule has 0 amide bonds. The average molecular weight is 232 g/mol. The molecule has 0 saturated heterocycles. The van der Waals surface area contributed by atoms with E-state index in [1.54, 1.807) is 7.11 Å². The fraction of sp³-hybridized carbons (Fsp3) is 0.429. The highest BCUT2D eigenvalue weighted by molar-refractivity contribution is 5.83. The van der Waals surface area contributed by atoms with Crippen molar-refractivity contribution in [3.8, 4) is 0 Å². The minimum atomic E-state index is 0.815. The molecule has 0 aliphatic carbocycles. The number of aromatic nitrogens is 1. The van der Waals surface area contributed by atoms with Gasteiger partial charge in [0.25, 0.3) is 0 Å². The number of methoxy groups -OCH3 is 1. The maximum atomic E-state index is 5.09. The van der Waals surface area contributed by atoms with E-state index in [1.807, 2.05) is 7.05 Å². The van der Waals surface area contributed by atoms with Gasteiger partial charge in [-0.3, -0.25) is 0 Å². The van der Waals surface area contributed by atoms with Crippen molar-refractivity contribution in [1.82, 2.24) is 9.88 Å². The number of benzene rings is 1. The molecular formula is C14H20N2O. The lowest BCUT2D eigenvalue weighted by atomic mass is 10.1. The van der Waals surface area contributed by atoms with Crippen molar-refractivity contribution in [3.63, 3.8) is 0 Å². The summed E-state index contributed by atoms with van der Waals surface area (Å²) in [6.45, 7) is 2.75. The largest absolute Gasteiger partial charge is 0.385 e. The smallest absolute Gasteiger partial charge is 0.0483 e. The number of aryl methyl sites for hydroxylation is 1. The topological polar surface area (TPSA) is 26.2 Å². The lowest BCUT2D eigenvalue weighted by Gasteiger charge is -2.06. The average Bonchev–Trinajstić information content (AvgIpc) is 2.75. The predicted octanol–water partition coefficient (Wildman–Crippen LogP) is 2.40. The van der Waals surface area contributed by atoms with Crippen LogP contribution in [-0.2, 0) is 17.8 Å². The molecule has 0 aliphatic rings. The Bertz CT molecular complexity index is 476. The fourth-order valence-corrected chi connectivity index (χ4v) is 2.21. The van der Waals surface area contributed by atoms with Gasteiger partial charge in [0.15, 0.2) is 0 Å². The van der Waals surface area contributed by atoms with Crippen LogP contribution in [0.5, 0.6) is 0 Å². The number of hydrogen-bond donors (Lipinski definition) is 1. The van der Waals surface area contributed by atoms with Crippen molar-refractivity contribution in [1.29, 1.82) is 0 Å². The van der Waals surface area contributed by atoms with E-state index in [0.29, 0.717) is 0 Å². The predicted molar refractivity (Wildman–Crippen MR) is 71.2 cm³/mol. The zero-order chi connectivity index (χ0) is 12.1. The van der Waals surface area contributed by atoms with Crippen molar-refractivity contribution in [2.24, 2.45) is 0 Å². The number of rotatable bonds is 6. The third-order valence-corrected chi connectivity index (χ3v) is 3.02. The van der Waals surface area contributed by atoms with Gasteiger partial charge >= 0.3 is 0 Å². The molecule has 0 unspecified atom stereocenters. The highest BCUT2D eigenvalue weighted by Gasteiger charge is 2.04. The SMILES string of the molecule is CNCc1cccc2c1ccn2CCCOC. The van der Waals surface area contributed by atoms with E-state index in [9.17, 15) is 0 Å². The minimum absolute atomic E-state index is 0.815. The van der Waals surface area contributed by atoms with Gasteiger partial charge in [-0.25, -0.2) is 0 Å². The van der Waals surface area contributed by atoms with Gasteiger partial charge < -0.3 is 14.6 Å². The monoisotopic (exact) mass is 232 g/mol. The summed E-state index contributed by atoms with van der Waals surface area (Å²) in [5.74, 6) is 0. The van der Waals surface area contributed by atoms with Gasteiger partial charge in [0.05, 0.1) is 0 Å². The molecule has 1 heterocycles. The summed E-state index contributed by atoms with van der Waals surface area (Å²) in [7, 11) is 3.73. The Morgan fingerprint density at radius 2 is 2.18 bits per heavy atom. The second kappa shape index (κ2) is 5.84. The van der Waals surface area contributed by atoms with Crippen LogP contribution in [-0.4, -0.2) is 25.3 Å². The van der Waals surface area contributed by atoms with Crippen LogP contribution in [0.4, 0.5) is 0 Å². The summed E-state index contributed by atoms with van der Waals surface area (Å²) in [6, 6.07) is 8.69. The van der Waals surface area contributed by atoms with Gasteiger partial charge in [-0.15, -0.1) is 0 Å². The van der Waals surface area contributed by atoms with Crippen LogP contribution in [0.15, 0.2) is 30.5 Å². The van der Waals surface area contributed by atoms with Crippen LogP contribution in [0.2, 0.25) is 0 Å². The molecule has 0 bridgehead atoms. The van der Waals surface area contributed by atoms with Crippen LogP contribution in [0.3, 0.4) is 0 Å². The molecule has 0 spiro atoms. The van der Waals surface area contributed by atoms with Crippen molar-refractivity contribution in [2.45, 2.75) is 19.5 Å². The van der Waals surface area contributed by atoms with Crippen molar-refractivity contribution >= 4 is 10.9 Å². The Balaban J connectivity index is 2.24. The van der Waals surface area contributed by atoms with Crippen LogP contribution in [0, 0.1) is 0 Å². The molecule has 0 aliphatic heterocycles. The van der Waals surface area contributed by atoms with E-state index >= 15 is 0 Å². The van der Waals surface area contributed by atoms with Gasteiger partial charge in [-0.1, -0.05) is 12.1 Å². The molecule has 3 heteroatoms. The van der Waals surface area contributed by atoms with Crippen LogP contribution >= 0.6 is 0 Å². The lowest BCUT2D eigenvalue weighted by Crippen LogP contribution is -2.05. The third kappa shape index (κ3) is 2.68. The number of fused-ring (bicyclic) bond motifs is 1. The van der Waals surface area contributed by atoms with E-state index in [2.05, 4.69) is 40.3 Å². The molecule has 0 atom stereocenters. The molecular weight excluding hydrogens is 212 g/mol. The Kier molecular flexibility index (Phi) is 4.18. The highest BCUT2D eigenvalue weighted by atomic mass is 16.5. The maximum Gasteiger partial charge on any atom is 0.0483 e. The molecule has 1 aromatic carbocycles. The van der Waals surface area contributed by atoms with Gasteiger partial charge in [-0.2, -0.15) is 0 Å². The first-order valence-electron chi connectivity index (χ1n) is 6.07. The van der Waals surface area contributed by atoms with Crippen LogP contribution in [0.25, 0.3) is 10.9 Å². The Morgan fingerprint density at radius 1 is 1.29 bits per heavy atom. The number of nitrogens with zero attached hydrogens (tertiary/aromatic N) is 1. The van der Waals surface area contributed by atoms with E-state index in [0.717, 1.165) is 26.1 Å². The highest BCUT2D eigenvalue weighted by Crippen LogP contribution is 2.20. The fourth-order valence-electron chi connectivity index (χ4n) is 2.21. The van der Waals surface area contributed by atoms with Gasteiger partial charge in [0.2, 0.25) is 0 Å². The summed E-state index contributed by atoms with van der Waals surface area (Å²) in [6.07, 6.45) is 3.22. The number of hydrogen-bond acceptors (Lipinski definition) is 2. The molecule has 1 N–H and O–H groups in total. The quantitative estimate of drug-likeness (QED) is 0.774. The lowest BCUT2D eigenvalue weighted by molar-refractivity contribution is 0.190. The molecule has 2 aromatic rings. The first-order valence-corrected chi connectivity index (χ1v) is 6.07. The van der Waals surface area contributed by atoms with E-state index < -0.39 is 0 Å². The second-order valence-corrected chi connectivity index (χ2v) is 4.24. The number of ether oxygens (including phenoxy) is 1. The molecule has 1 aromatic heterocycles. The summed E-state index contributed by atoms with van der Waals surface area (Å²) < 4.78 is 7.39. The summed E-state index contributed by atoms with van der Waals surface area (Å²) >= 11 is 0. The molecule has 2 rings (SSSR count). The van der Waals surface area contributed by atoms with E-state index in [-0.39, 0.29) is 0 Å². The Labute approximate surface area is 102 Å². The van der Waals surface area contributed by atoms with Gasteiger partial charge in [-0.05, 0) is 31.2 Å². The molecule has 17 heavy (non-hydrogen) atoms. The van der Waals surface area contributed by atoms with Gasteiger partial charge in [0, 0.05) is 43.9 Å². The molecule has 3 nitrogen and oxygen atoms in total. The van der Waals surface area contributed by atoms with Crippen molar-refractivity contribution in [2.75, 3.05) is 20.8 Å². The molecule has 0 saturated carbocycles. The van der Waals surface area contributed by atoms with Gasteiger partial charge in [0.1, 0.15) is 0 Å². The zero-order valence-electron chi connectivity index (χ0n) is 10.6. The van der Waals surface area contributed by atoms with Crippen LogP contribution < -0.4 is 5.32 Å². The van der Waals surface area contributed by atoms with E-state index in [1.165, 1.54) is 16.5 Å². The maximum absolute atomic E-state index is 5.09. The first-order chi connectivity index (χ1) is 8.36. The number of nitrogens with one attached hydrogen (secondary N) is 1. The molecule has 0 radical (unpaired) electrons. The normalized spacial score (nSPS) is 11.2. The van der Waals surface area contributed by atoms with Crippen molar-refractivity contribution < 1.29 is 4.74 Å². The molecule has 0 fully saturated rings. The standard InChI is InChI=1S/C14H20N2O/c1-15-11-12-5-3-6-14-13(12)7-9-16(14)8-4-10-17-2/h3,5-7,9,15H,4,8,10-11H2,1-2H3. The zero-order valence-corrected chi connectivity index (χ0v) is 10.6. The molecule has 92 valence electrons. The van der Waals surface area contributed by atoms with Crippen molar-refractivity contribution in [3.05, 3.63) is 36.0 Å². The Morgan fingerprint density at radius 3 is 2.94 bits per heavy atom. The third-order valence-electron chi connectivity index (χ3n) is 3.02. The first kappa shape index (κ1) is 12.1. The van der Waals surface area contributed by atoms with Crippen LogP contribution in [0.1, 0.15) is 12.0 Å². The Hall–Kier alpha value is -1.32. The summed E-state index contributed by atoms with van der Waals surface area (Å²) in [5.41, 5.74) is 2.67.